The van der Waals surface area contributed by atoms with E-state index in [9.17, 15) is 18.0 Å². The Morgan fingerprint density at radius 2 is 1.83 bits per heavy atom. The summed E-state index contributed by atoms with van der Waals surface area (Å²) in [5.41, 5.74) is -1.09. The van der Waals surface area contributed by atoms with Crippen LogP contribution in [0.15, 0.2) is 30.3 Å². The highest BCUT2D eigenvalue weighted by molar-refractivity contribution is 5.93. The van der Waals surface area contributed by atoms with Crippen molar-refractivity contribution in [3.63, 3.8) is 0 Å². The smallest absolute Gasteiger partial charge is 0.335 e. The van der Waals surface area contributed by atoms with Crippen molar-refractivity contribution < 1.29 is 18.0 Å². The largest absolute Gasteiger partial charge is 0.435 e. The van der Waals surface area contributed by atoms with E-state index in [4.69, 9.17) is 0 Å². The van der Waals surface area contributed by atoms with Crippen LogP contribution in [-0.4, -0.2) is 52.0 Å². The molecular formula is C15H16F3N5O. The molecule has 1 fully saturated rings. The zero-order chi connectivity index (χ0) is 17.2. The molecule has 0 atom stereocenters. The third-order valence-electron chi connectivity index (χ3n) is 3.79. The van der Waals surface area contributed by atoms with Crippen LogP contribution in [0.25, 0.3) is 0 Å². The van der Waals surface area contributed by atoms with Gasteiger partial charge in [-0.05, 0) is 5.56 Å². The lowest BCUT2D eigenvalue weighted by Gasteiger charge is -2.27. The third-order valence-corrected chi connectivity index (χ3v) is 3.79. The zero-order valence-electron chi connectivity index (χ0n) is 12.8. The van der Waals surface area contributed by atoms with Crippen LogP contribution in [-0.2, 0) is 12.7 Å². The Balaban J connectivity index is 1.93. The van der Waals surface area contributed by atoms with E-state index in [0.717, 1.165) is 4.68 Å². The number of hydrogen-bond donors (Lipinski definition) is 1. The SMILES string of the molecule is O=C(c1nnn(Cc2ccccc2)c1C(F)(F)F)N1CCNCC1. The molecule has 24 heavy (non-hydrogen) atoms. The second-order valence-electron chi connectivity index (χ2n) is 5.47. The van der Waals surface area contributed by atoms with Crippen LogP contribution in [0.2, 0.25) is 0 Å². The summed E-state index contributed by atoms with van der Waals surface area (Å²) < 4.78 is 41.2. The van der Waals surface area contributed by atoms with Gasteiger partial charge in [0.05, 0.1) is 6.54 Å². The third kappa shape index (κ3) is 3.40. The van der Waals surface area contributed by atoms with Gasteiger partial charge in [-0.25, -0.2) is 4.68 Å². The normalized spacial score (nSPS) is 15.5. The van der Waals surface area contributed by atoms with Crippen molar-refractivity contribution >= 4 is 5.91 Å². The van der Waals surface area contributed by atoms with Gasteiger partial charge in [-0.3, -0.25) is 4.79 Å². The van der Waals surface area contributed by atoms with Crippen LogP contribution < -0.4 is 5.32 Å². The topological polar surface area (TPSA) is 63.1 Å². The zero-order valence-corrected chi connectivity index (χ0v) is 12.8. The Kier molecular flexibility index (Phi) is 4.52. The fourth-order valence-corrected chi connectivity index (χ4v) is 2.62. The fourth-order valence-electron chi connectivity index (χ4n) is 2.62. The summed E-state index contributed by atoms with van der Waals surface area (Å²) in [5, 5.41) is 10.2. The Labute approximate surface area is 136 Å². The lowest BCUT2D eigenvalue weighted by atomic mass is 10.2. The highest BCUT2D eigenvalue weighted by Gasteiger charge is 2.42. The van der Waals surface area contributed by atoms with Crippen molar-refractivity contribution in [1.29, 1.82) is 0 Å². The Bertz CT molecular complexity index is 708. The monoisotopic (exact) mass is 339 g/mol. The number of piperazine rings is 1. The van der Waals surface area contributed by atoms with Gasteiger partial charge in [0, 0.05) is 26.2 Å². The molecule has 1 aliphatic rings. The minimum atomic E-state index is -4.71. The first-order chi connectivity index (χ1) is 11.5. The lowest BCUT2D eigenvalue weighted by molar-refractivity contribution is -0.144. The van der Waals surface area contributed by atoms with Crippen molar-refractivity contribution in [3.8, 4) is 0 Å². The molecule has 1 saturated heterocycles. The minimum absolute atomic E-state index is 0.0997. The molecule has 0 unspecified atom stereocenters. The maximum atomic E-state index is 13.5. The molecule has 2 aromatic rings. The molecule has 9 heteroatoms. The van der Waals surface area contributed by atoms with Crippen molar-refractivity contribution in [2.24, 2.45) is 0 Å². The van der Waals surface area contributed by atoms with Crippen LogP contribution >= 0.6 is 0 Å². The van der Waals surface area contributed by atoms with Crippen LogP contribution in [0.5, 0.6) is 0 Å². The van der Waals surface area contributed by atoms with Gasteiger partial charge in [-0.2, -0.15) is 13.2 Å². The molecule has 0 saturated carbocycles. The van der Waals surface area contributed by atoms with Gasteiger partial charge in [0.2, 0.25) is 0 Å². The van der Waals surface area contributed by atoms with Gasteiger partial charge in [0.15, 0.2) is 11.4 Å². The summed E-state index contributed by atoms with van der Waals surface area (Å²) in [6.45, 7) is 1.69. The first-order valence-electron chi connectivity index (χ1n) is 7.51. The fraction of sp³-hybridized carbons (Fsp3) is 0.400. The number of benzene rings is 1. The molecule has 1 aromatic carbocycles. The van der Waals surface area contributed by atoms with Gasteiger partial charge in [-0.15, -0.1) is 5.10 Å². The molecule has 1 amide bonds. The molecule has 6 nitrogen and oxygen atoms in total. The first kappa shape index (κ1) is 16.4. The molecule has 1 N–H and O–H groups in total. The first-order valence-corrected chi connectivity index (χ1v) is 7.51. The van der Waals surface area contributed by atoms with Gasteiger partial charge < -0.3 is 10.2 Å². The molecule has 1 aliphatic heterocycles. The number of rotatable bonds is 3. The van der Waals surface area contributed by atoms with Gasteiger partial charge >= 0.3 is 6.18 Å². The average Bonchev–Trinajstić information content (AvgIpc) is 3.00. The molecule has 128 valence electrons. The second-order valence-corrected chi connectivity index (χ2v) is 5.47. The Morgan fingerprint density at radius 3 is 2.46 bits per heavy atom. The van der Waals surface area contributed by atoms with E-state index in [1.165, 1.54) is 4.90 Å². The number of carbonyl (C=O) groups excluding carboxylic acids is 1. The molecule has 0 bridgehead atoms. The number of alkyl halides is 3. The quantitative estimate of drug-likeness (QED) is 0.918. The second kappa shape index (κ2) is 6.60. The summed E-state index contributed by atoms with van der Waals surface area (Å²) in [6, 6.07) is 8.62. The van der Waals surface area contributed by atoms with Gasteiger partial charge in [0.1, 0.15) is 0 Å². The molecular weight excluding hydrogens is 323 g/mol. The van der Waals surface area contributed by atoms with Crippen molar-refractivity contribution in [2.45, 2.75) is 12.7 Å². The van der Waals surface area contributed by atoms with Crippen LogP contribution in [0.3, 0.4) is 0 Å². The Morgan fingerprint density at radius 1 is 1.17 bits per heavy atom. The Hall–Kier alpha value is -2.42. The number of hydrogen-bond acceptors (Lipinski definition) is 4. The number of aromatic nitrogens is 3. The van der Waals surface area contributed by atoms with Gasteiger partial charge in [-0.1, -0.05) is 35.5 Å². The highest BCUT2D eigenvalue weighted by atomic mass is 19.4. The van der Waals surface area contributed by atoms with E-state index < -0.39 is 23.5 Å². The standard InChI is InChI=1S/C15H16F3N5O/c16-15(17,18)13-12(14(24)22-8-6-19-7-9-22)20-21-23(13)10-11-4-2-1-3-5-11/h1-5,19H,6-10H2. The number of carbonyl (C=O) groups is 1. The number of nitrogens with one attached hydrogen (secondary N) is 1. The van der Waals surface area contributed by atoms with Crippen molar-refractivity contribution in [2.75, 3.05) is 26.2 Å². The summed E-state index contributed by atoms with van der Waals surface area (Å²) in [5.74, 6) is -0.733. The number of nitrogens with zero attached hydrogens (tertiary/aromatic N) is 4. The average molecular weight is 339 g/mol. The predicted octanol–water partition coefficient (Wildman–Crippen LogP) is 1.39. The highest BCUT2D eigenvalue weighted by Crippen LogP contribution is 2.32. The van der Waals surface area contributed by atoms with Crippen LogP contribution in [0.1, 0.15) is 21.7 Å². The molecule has 0 radical (unpaired) electrons. The van der Waals surface area contributed by atoms with E-state index in [1.54, 1.807) is 30.3 Å². The van der Waals surface area contributed by atoms with E-state index in [1.807, 2.05) is 0 Å². The van der Waals surface area contributed by atoms with E-state index >= 15 is 0 Å². The maximum absolute atomic E-state index is 13.5. The van der Waals surface area contributed by atoms with E-state index in [2.05, 4.69) is 15.6 Å². The number of halogens is 3. The molecule has 0 spiro atoms. The summed E-state index contributed by atoms with van der Waals surface area (Å²) in [6.07, 6.45) is -4.71. The van der Waals surface area contributed by atoms with Crippen LogP contribution in [0.4, 0.5) is 13.2 Å². The maximum Gasteiger partial charge on any atom is 0.435 e. The van der Waals surface area contributed by atoms with Crippen molar-refractivity contribution in [3.05, 3.63) is 47.3 Å². The van der Waals surface area contributed by atoms with Crippen molar-refractivity contribution in [1.82, 2.24) is 25.2 Å². The van der Waals surface area contributed by atoms with Gasteiger partial charge in [0.25, 0.3) is 5.91 Å². The van der Waals surface area contributed by atoms with E-state index in [-0.39, 0.29) is 6.54 Å². The minimum Gasteiger partial charge on any atom is -0.335 e. The van der Waals surface area contributed by atoms with Crippen LogP contribution in [0, 0.1) is 0 Å². The summed E-state index contributed by atoms with van der Waals surface area (Å²) in [7, 11) is 0. The summed E-state index contributed by atoms with van der Waals surface area (Å²) in [4.78, 5) is 13.8. The molecule has 0 aliphatic carbocycles. The lowest BCUT2D eigenvalue weighted by Crippen LogP contribution is -2.47. The van der Waals surface area contributed by atoms with E-state index in [0.29, 0.717) is 31.7 Å². The molecule has 3 rings (SSSR count). The summed E-state index contributed by atoms with van der Waals surface area (Å²) >= 11 is 0. The molecule has 1 aromatic heterocycles. The number of amides is 1. The predicted molar refractivity (Wildman–Crippen MR) is 79.3 cm³/mol. The molecule has 2 heterocycles.